The first-order valence-corrected chi connectivity index (χ1v) is 9.50. The molecule has 0 atom stereocenters. The number of carbonyl (C=O) groups excluding carboxylic acids is 1. The van der Waals surface area contributed by atoms with Gasteiger partial charge in [0.15, 0.2) is 10.9 Å². The Morgan fingerprint density at radius 1 is 1.08 bits per heavy atom. The lowest BCUT2D eigenvalue weighted by atomic mass is 10.2. The van der Waals surface area contributed by atoms with Crippen LogP contribution in [0.3, 0.4) is 0 Å². The number of ether oxygens (including phenoxy) is 1. The van der Waals surface area contributed by atoms with E-state index in [0.717, 1.165) is 17.3 Å². The fraction of sp³-hybridized carbons (Fsp3) is 0.0588. The Morgan fingerprint density at radius 3 is 2.35 bits per heavy atom. The van der Waals surface area contributed by atoms with E-state index in [4.69, 9.17) is 56.9 Å². The van der Waals surface area contributed by atoms with Gasteiger partial charge in [0.05, 0.1) is 15.0 Å². The van der Waals surface area contributed by atoms with Crippen molar-refractivity contribution in [2.75, 3.05) is 0 Å². The van der Waals surface area contributed by atoms with Crippen molar-refractivity contribution in [2.24, 2.45) is 10.7 Å². The number of thioether (sulfide) groups is 1. The number of hydrogen-bond donors (Lipinski definition) is 1. The SMILES string of the molecule is NC1=NC(=O)C(=Cc2cc(Cl)c(OCc3ccc(Cl)cc3Cl)c(Cl)c2)S1. The second kappa shape index (κ2) is 8.11. The van der Waals surface area contributed by atoms with E-state index in [0.29, 0.717) is 36.3 Å². The Hall–Kier alpha value is -1.37. The predicted octanol–water partition coefficient (Wildman–Crippen LogP) is 5.81. The number of aliphatic imine (C=N–C) groups is 1. The van der Waals surface area contributed by atoms with Crippen molar-refractivity contribution in [1.29, 1.82) is 0 Å². The van der Waals surface area contributed by atoms with Crippen LogP contribution in [0.4, 0.5) is 0 Å². The quantitative estimate of drug-likeness (QED) is 0.600. The van der Waals surface area contributed by atoms with Crippen LogP contribution in [0.2, 0.25) is 20.1 Å². The zero-order chi connectivity index (χ0) is 18.8. The third-order valence-corrected chi connectivity index (χ3v) is 5.30. The maximum absolute atomic E-state index is 11.7. The predicted molar refractivity (Wildman–Crippen MR) is 109 cm³/mol. The molecular formula is C17H10Cl4N2O2S. The highest BCUT2D eigenvalue weighted by Crippen LogP contribution is 2.37. The van der Waals surface area contributed by atoms with Gasteiger partial charge in [-0.3, -0.25) is 4.79 Å². The summed E-state index contributed by atoms with van der Waals surface area (Å²) in [5, 5.41) is 1.84. The largest absolute Gasteiger partial charge is 0.486 e. The molecule has 4 nitrogen and oxygen atoms in total. The maximum atomic E-state index is 11.7. The van der Waals surface area contributed by atoms with Gasteiger partial charge in [-0.2, -0.15) is 4.99 Å². The summed E-state index contributed by atoms with van der Waals surface area (Å²) in [5.74, 6) is -0.0693. The summed E-state index contributed by atoms with van der Waals surface area (Å²) >= 11 is 25.7. The van der Waals surface area contributed by atoms with Gasteiger partial charge in [0, 0.05) is 15.6 Å². The highest BCUT2D eigenvalue weighted by atomic mass is 35.5. The number of nitrogens with two attached hydrogens (primary N) is 1. The van der Waals surface area contributed by atoms with Gasteiger partial charge in [-0.1, -0.05) is 52.5 Å². The molecule has 0 saturated carbocycles. The molecule has 0 aromatic heterocycles. The molecule has 3 rings (SSSR count). The van der Waals surface area contributed by atoms with E-state index >= 15 is 0 Å². The van der Waals surface area contributed by atoms with Crippen LogP contribution in [-0.4, -0.2) is 11.1 Å². The van der Waals surface area contributed by atoms with Gasteiger partial charge >= 0.3 is 0 Å². The zero-order valence-corrected chi connectivity index (χ0v) is 16.8. The Kier molecular flexibility index (Phi) is 6.05. The molecule has 26 heavy (non-hydrogen) atoms. The molecule has 0 radical (unpaired) electrons. The van der Waals surface area contributed by atoms with Gasteiger partial charge in [0.1, 0.15) is 6.61 Å². The second-order valence-corrected chi connectivity index (χ2v) is 7.92. The number of benzene rings is 2. The minimum atomic E-state index is -0.391. The van der Waals surface area contributed by atoms with Crippen LogP contribution in [0.1, 0.15) is 11.1 Å². The smallest absolute Gasteiger partial charge is 0.286 e. The number of hydrogen-bond acceptors (Lipinski definition) is 4. The van der Waals surface area contributed by atoms with Crippen molar-refractivity contribution in [2.45, 2.75) is 6.61 Å². The molecule has 0 fully saturated rings. The first-order chi connectivity index (χ1) is 12.3. The standard InChI is InChI=1S/C17H10Cl4N2O2S/c18-10-2-1-9(11(19)6-10)7-25-15-12(20)3-8(4-13(15)21)5-14-16(24)23-17(22)26-14/h1-6H,7H2,(H2,22,23,24). The van der Waals surface area contributed by atoms with Gasteiger partial charge in [-0.05, 0) is 47.7 Å². The average molecular weight is 448 g/mol. The van der Waals surface area contributed by atoms with Crippen LogP contribution in [0.5, 0.6) is 5.75 Å². The summed E-state index contributed by atoms with van der Waals surface area (Å²) in [6.45, 7) is 0.175. The van der Waals surface area contributed by atoms with Crippen molar-refractivity contribution in [3.05, 3.63) is 66.5 Å². The minimum Gasteiger partial charge on any atom is -0.486 e. The summed E-state index contributed by atoms with van der Waals surface area (Å²) in [7, 11) is 0. The molecular weight excluding hydrogens is 438 g/mol. The van der Waals surface area contributed by atoms with Crippen LogP contribution < -0.4 is 10.5 Å². The number of rotatable bonds is 4. The molecule has 134 valence electrons. The van der Waals surface area contributed by atoms with Crippen LogP contribution in [0.15, 0.2) is 40.2 Å². The molecule has 1 aliphatic rings. The Bertz CT molecular complexity index is 937. The molecule has 0 aliphatic carbocycles. The van der Waals surface area contributed by atoms with E-state index in [9.17, 15) is 4.79 Å². The van der Waals surface area contributed by atoms with E-state index in [-0.39, 0.29) is 11.8 Å². The van der Waals surface area contributed by atoms with E-state index in [1.807, 2.05) is 0 Å². The van der Waals surface area contributed by atoms with Crippen molar-refractivity contribution in [3.63, 3.8) is 0 Å². The van der Waals surface area contributed by atoms with Crippen molar-refractivity contribution < 1.29 is 9.53 Å². The molecule has 1 amide bonds. The second-order valence-electron chi connectivity index (χ2n) is 5.20. The zero-order valence-electron chi connectivity index (χ0n) is 12.9. The van der Waals surface area contributed by atoms with E-state index in [1.54, 1.807) is 36.4 Å². The van der Waals surface area contributed by atoms with Crippen molar-refractivity contribution in [3.8, 4) is 5.75 Å². The van der Waals surface area contributed by atoms with E-state index in [2.05, 4.69) is 4.99 Å². The fourth-order valence-electron chi connectivity index (χ4n) is 2.17. The van der Waals surface area contributed by atoms with E-state index in [1.165, 1.54) is 0 Å². The molecule has 0 saturated heterocycles. The molecule has 2 aromatic rings. The Labute approximate surface area is 173 Å². The summed E-state index contributed by atoms with van der Waals surface area (Å²) in [6, 6.07) is 8.39. The summed E-state index contributed by atoms with van der Waals surface area (Å²) in [6.07, 6.45) is 1.62. The molecule has 1 aliphatic heterocycles. The topological polar surface area (TPSA) is 64.7 Å². The number of halogens is 4. The van der Waals surface area contributed by atoms with E-state index < -0.39 is 5.91 Å². The van der Waals surface area contributed by atoms with Crippen molar-refractivity contribution in [1.82, 2.24) is 0 Å². The van der Waals surface area contributed by atoms with Gasteiger partial charge in [0.2, 0.25) is 0 Å². The third kappa shape index (κ3) is 4.48. The first kappa shape index (κ1) is 19.4. The maximum Gasteiger partial charge on any atom is 0.286 e. The highest BCUT2D eigenvalue weighted by Gasteiger charge is 2.20. The van der Waals surface area contributed by atoms with Crippen LogP contribution in [-0.2, 0) is 11.4 Å². The summed E-state index contributed by atoms with van der Waals surface area (Å²) in [5.41, 5.74) is 6.91. The molecule has 2 aromatic carbocycles. The Morgan fingerprint density at radius 2 is 1.77 bits per heavy atom. The number of amidine groups is 1. The van der Waals surface area contributed by atoms with Crippen LogP contribution >= 0.6 is 58.2 Å². The van der Waals surface area contributed by atoms with Gasteiger partial charge in [0.25, 0.3) is 5.91 Å². The van der Waals surface area contributed by atoms with Gasteiger partial charge < -0.3 is 10.5 Å². The molecule has 0 unspecified atom stereocenters. The summed E-state index contributed by atoms with van der Waals surface area (Å²) < 4.78 is 5.71. The van der Waals surface area contributed by atoms with Crippen LogP contribution in [0, 0.1) is 0 Å². The monoisotopic (exact) mass is 446 g/mol. The molecule has 2 N–H and O–H groups in total. The molecule has 0 spiro atoms. The lowest BCUT2D eigenvalue weighted by molar-refractivity contribution is -0.113. The van der Waals surface area contributed by atoms with Gasteiger partial charge in [-0.15, -0.1) is 0 Å². The number of carbonyl (C=O) groups is 1. The number of nitrogens with zero attached hydrogens (tertiary/aromatic N) is 1. The fourth-order valence-corrected chi connectivity index (χ4v) is 3.92. The average Bonchev–Trinajstić information content (AvgIpc) is 2.86. The molecule has 0 bridgehead atoms. The molecule has 9 heteroatoms. The van der Waals surface area contributed by atoms with Gasteiger partial charge in [-0.25, -0.2) is 0 Å². The highest BCUT2D eigenvalue weighted by molar-refractivity contribution is 8.18. The first-order valence-electron chi connectivity index (χ1n) is 7.17. The normalized spacial score (nSPS) is 15.5. The third-order valence-electron chi connectivity index (χ3n) is 3.34. The lowest BCUT2D eigenvalue weighted by Gasteiger charge is -2.12. The summed E-state index contributed by atoms with van der Waals surface area (Å²) in [4.78, 5) is 15.7. The van der Waals surface area contributed by atoms with Crippen molar-refractivity contribution >= 4 is 75.3 Å². The number of amides is 1. The lowest BCUT2D eigenvalue weighted by Crippen LogP contribution is -2.01. The molecule has 1 heterocycles. The Balaban J connectivity index is 1.79. The van der Waals surface area contributed by atoms with Crippen LogP contribution in [0.25, 0.3) is 6.08 Å². The minimum absolute atomic E-state index is 0.175.